The van der Waals surface area contributed by atoms with Gasteiger partial charge in [-0.2, -0.15) is 0 Å². The van der Waals surface area contributed by atoms with Gasteiger partial charge in [-0.25, -0.2) is 0 Å². The van der Waals surface area contributed by atoms with Crippen LogP contribution in [0.5, 0.6) is 0 Å². The molecule has 0 unspecified atom stereocenters. The standard InChI is InChI=1S/C17H17N3O.C6H12N2.HI.Pt/c21-17(11-13-5-8-18-9-6-13)19-10-7-14-12-20-16-4-2-1-3-15(14)16;7-3-5-1-2-6(5)4-8;;/h1-6,8-9,12,20H,7,10-11H2,(H,19,21);5-8H,1-4H2;1H;/q;-2;;+1/p-1/t;5-,6-;;/m.0../s1. The van der Waals surface area contributed by atoms with Crippen molar-refractivity contribution in [1.82, 2.24) is 15.3 Å². The number of aromatic nitrogens is 2. The number of carbonyl (C=O) groups excluding carboxylic acids is 1. The van der Waals surface area contributed by atoms with E-state index in [1.165, 1.54) is 23.8 Å². The van der Waals surface area contributed by atoms with Gasteiger partial charge >= 0.3 is 35.5 Å². The first-order valence-electron chi connectivity index (χ1n) is 10.3. The Hall–Kier alpha value is -1.28. The van der Waals surface area contributed by atoms with Gasteiger partial charge < -0.3 is 21.8 Å². The van der Waals surface area contributed by atoms with Gasteiger partial charge in [0.05, 0.1) is 6.42 Å². The van der Waals surface area contributed by atoms with Crippen LogP contribution < -0.4 is 5.32 Å². The summed E-state index contributed by atoms with van der Waals surface area (Å²) in [6, 6.07) is 11.9. The minimum absolute atomic E-state index is 0.0426. The van der Waals surface area contributed by atoms with Crippen LogP contribution >= 0.6 is 19.4 Å². The number of carbonyl (C=O) groups is 1. The quantitative estimate of drug-likeness (QED) is 0.318. The van der Waals surface area contributed by atoms with E-state index in [0.29, 0.717) is 37.9 Å². The number of hydrogen-bond donors (Lipinski definition) is 2. The zero-order valence-corrected chi connectivity index (χ0v) is 21.8. The molecule has 0 bridgehead atoms. The Labute approximate surface area is 206 Å². The van der Waals surface area contributed by atoms with Gasteiger partial charge in [0.15, 0.2) is 0 Å². The molecule has 8 heteroatoms. The average molecular weight is 714 g/mol. The molecular formula is C23H29IN5OPt-2. The second-order valence-electron chi connectivity index (χ2n) is 7.50. The molecule has 1 fully saturated rings. The molecule has 1 aromatic carbocycles. The molecule has 0 radical (unpaired) electrons. The Morgan fingerprint density at radius 3 is 2.35 bits per heavy atom. The first-order chi connectivity index (χ1) is 15.2. The van der Waals surface area contributed by atoms with Crippen molar-refractivity contribution in [2.75, 3.05) is 19.6 Å². The fraction of sp³-hybridized carbons (Fsp3) is 0.391. The molecular weight excluding hydrogens is 684 g/mol. The predicted octanol–water partition coefficient (Wildman–Crippen LogP) is 5.46. The van der Waals surface area contributed by atoms with Crippen LogP contribution in [-0.2, 0) is 33.8 Å². The van der Waals surface area contributed by atoms with E-state index >= 15 is 0 Å². The maximum Gasteiger partial charge on any atom is -0.0517 e. The Morgan fingerprint density at radius 1 is 1.10 bits per heavy atom. The Kier molecular flexibility index (Phi) is 12.3. The summed E-state index contributed by atoms with van der Waals surface area (Å²) in [6.45, 7) is 1.73. The number of aromatic amines is 1. The zero-order valence-electron chi connectivity index (χ0n) is 17.4. The molecule has 1 aliphatic rings. The van der Waals surface area contributed by atoms with Crippen molar-refractivity contribution in [3.8, 4) is 0 Å². The van der Waals surface area contributed by atoms with Crippen LogP contribution in [0.15, 0.2) is 55.0 Å². The fourth-order valence-electron chi connectivity index (χ4n) is 3.60. The van der Waals surface area contributed by atoms with Crippen LogP contribution in [0.1, 0.15) is 24.0 Å². The van der Waals surface area contributed by atoms with Crippen molar-refractivity contribution >= 4 is 36.2 Å². The number of halogens is 1. The molecule has 3 aromatic rings. The summed E-state index contributed by atoms with van der Waals surface area (Å²) in [5.41, 5.74) is 17.4. The summed E-state index contributed by atoms with van der Waals surface area (Å²) in [5, 5.41) is 4.18. The minimum Gasteiger partial charge on any atom is -0.677 e. The number of fused-ring (bicyclic) bond motifs is 1. The maximum absolute atomic E-state index is 11.9. The molecule has 1 aliphatic carbocycles. The number of nitrogens with one attached hydrogen (secondary N) is 4. The number of hydrogen-bond acceptors (Lipinski definition) is 2. The van der Waals surface area contributed by atoms with Gasteiger partial charge in [0.25, 0.3) is 0 Å². The number of para-hydroxylation sites is 1. The second-order valence-corrected chi connectivity index (χ2v) is 7.50. The Bertz CT molecular complexity index is 891. The number of pyridine rings is 1. The van der Waals surface area contributed by atoms with E-state index in [4.69, 9.17) is 11.5 Å². The van der Waals surface area contributed by atoms with E-state index < -0.39 is 0 Å². The van der Waals surface area contributed by atoms with Crippen LogP contribution in [0.25, 0.3) is 22.4 Å². The summed E-state index contributed by atoms with van der Waals surface area (Å²) in [5.74, 6) is 1.20. The van der Waals surface area contributed by atoms with Crippen LogP contribution in [-0.4, -0.2) is 35.5 Å². The SMILES string of the molecule is O=C(Cc1ccncc1)NCCc1c[nH]c2ccccc12.[I][Pt].[NH-]C[C@@H]1CC[C@H]1C[NH-]. The molecule has 0 spiro atoms. The molecule has 31 heavy (non-hydrogen) atoms. The first-order valence-corrected chi connectivity index (χ1v) is 16.8. The summed E-state index contributed by atoms with van der Waals surface area (Å²) >= 11 is 4.23. The van der Waals surface area contributed by atoms with Crippen molar-refractivity contribution in [1.29, 1.82) is 0 Å². The van der Waals surface area contributed by atoms with Gasteiger partial charge in [-0.1, -0.05) is 42.9 Å². The van der Waals surface area contributed by atoms with Gasteiger partial charge in [-0.3, -0.25) is 9.78 Å². The molecule has 4 N–H and O–H groups in total. The largest absolute Gasteiger partial charge is 0.677 e. The van der Waals surface area contributed by atoms with Crippen LogP contribution in [0.2, 0.25) is 0 Å². The molecule has 0 saturated heterocycles. The summed E-state index contributed by atoms with van der Waals surface area (Å²) in [7, 11) is 0. The Balaban J connectivity index is 0.000000286. The van der Waals surface area contributed by atoms with Gasteiger partial charge in [0.2, 0.25) is 5.91 Å². The molecule has 2 heterocycles. The zero-order chi connectivity index (χ0) is 22.5. The van der Waals surface area contributed by atoms with Crippen molar-refractivity contribution in [2.45, 2.75) is 25.7 Å². The van der Waals surface area contributed by atoms with E-state index in [9.17, 15) is 4.79 Å². The number of benzene rings is 1. The minimum atomic E-state index is 0.0426. The monoisotopic (exact) mass is 713 g/mol. The molecule has 4 rings (SSSR count). The van der Waals surface area contributed by atoms with Crippen LogP contribution in [0.3, 0.4) is 0 Å². The molecule has 2 atom stereocenters. The maximum atomic E-state index is 11.9. The summed E-state index contributed by atoms with van der Waals surface area (Å²) in [4.78, 5) is 19.1. The molecule has 0 aliphatic heterocycles. The van der Waals surface area contributed by atoms with E-state index in [-0.39, 0.29) is 5.91 Å². The molecule has 1 saturated carbocycles. The van der Waals surface area contributed by atoms with Gasteiger partial charge in [-0.15, -0.1) is 13.1 Å². The van der Waals surface area contributed by atoms with Gasteiger partial charge in [0.1, 0.15) is 0 Å². The first kappa shape index (κ1) is 26.0. The van der Waals surface area contributed by atoms with E-state index in [1.807, 2.05) is 30.5 Å². The van der Waals surface area contributed by atoms with Crippen LogP contribution in [0.4, 0.5) is 0 Å². The summed E-state index contributed by atoms with van der Waals surface area (Å²) < 4.78 is 0. The smallest absolute Gasteiger partial charge is 0.0517 e. The van der Waals surface area contributed by atoms with Crippen molar-refractivity contribution in [2.24, 2.45) is 11.8 Å². The van der Waals surface area contributed by atoms with Gasteiger partial charge in [-0.05, 0) is 35.7 Å². The number of rotatable bonds is 7. The number of nitrogens with zero attached hydrogens (tertiary/aromatic N) is 1. The summed E-state index contributed by atoms with van der Waals surface area (Å²) in [6.07, 6.45) is 9.05. The van der Waals surface area contributed by atoms with Crippen molar-refractivity contribution < 1.29 is 20.9 Å². The molecule has 6 nitrogen and oxygen atoms in total. The van der Waals surface area contributed by atoms with Crippen LogP contribution in [0, 0.1) is 11.8 Å². The van der Waals surface area contributed by atoms with Crippen molar-refractivity contribution in [3.05, 3.63) is 77.6 Å². The number of H-pyrrole nitrogens is 1. The predicted molar refractivity (Wildman–Crippen MR) is 132 cm³/mol. The van der Waals surface area contributed by atoms with E-state index in [2.05, 4.69) is 62.9 Å². The third kappa shape index (κ3) is 8.29. The molecule has 2 aromatic heterocycles. The third-order valence-corrected chi connectivity index (χ3v) is 5.60. The molecule has 1 amide bonds. The Morgan fingerprint density at radius 2 is 1.74 bits per heavy atom. The normalized spacial score (nSPS) is 16.9. The number of amides is 1. The fourth-order valence-corrected chi connectivity index (χ4v) is 3.60. The second kappa shape index (κ2) is 14.7. The van der Waals surface area contributed by atoms with E-state index in [0.717, 1.165) is 17.5 Å². The third-order valence-electron chi connectivity index (χ3n) is 5.60. The molecule has 171 valence electrons. The topological polar surface area (TPSA) is 105 Å². The average Bonchev–Trinajstić information content (AvgIpc) is 3.19. The van der Waals surface area contributed by atoms with Crippen molar-refractivity contribution in [3.63, 3.8) is 0 Å². The van der Waals surface area contributed by atoms with Gasteiger partial charge in [0, 0.05) is 36.0 Å². The van der Waals surface area contributed by atoms with E-state index in [1.54, 1.807) is 12.4 Å².